The van der Waals surface area contributed by atoms with Crippen molar-refractivity contribution < 1.29 is 9.59 Å². The van der Waals surface area contributed by atoms with Gasteiger partial charge in [-0.1, -0.05) is 24.3 Å². The van der Waals surface area contributed by atoms with E-state index in [9.17, 15) is 9.59 Å². The fraction of sp³-hybridized carbons (Fsp3) is 0.227. The lowest BCUT2D eigenvalue weighted by molar-refractivity contribution is 0.0953. The Hall–Kier alpha value is -2.93. The summed E-state index contributed by atoms with van der Waals surface area (Å²) in [5, 5.41) is 10.2. The number of nitrogens with one attached hydrogen (secondary N) is 2. The molecule has 2 N–H and O–H groups in total. The molecule has 0 fully saturated rings. The molecule has 0 atom stereocenters. The molecule has 3 rings (SSSR count). The maximum absolute atomic E-state index is 12.6. The normalized spacial score (nSPS) is 10.6. The second-order valence-electron chi connectivity index (χ2n) is 6.74. The molecule has 1 aromatic heterocycles. The van der Waals surface area contributed by atoms with Gasteiger partial charge in [0.2, 0.25) is 0 Å². The van der Waals surface area contributed by atoms with E-state index < -0.39 is 0 Å². The minimum absolute atomic E-state index is 0.221. The number of benzene rings is 2. The Bertz CT molecular complexity index is 1030. The van der Waals surface area contributed by atoms with Crippen LogP contribution in [0.1, 0.15) is 38.5 Å². The van der Waals surface area contributed by atoms with Gasteiger partial charge in [-0.15, -0.1) is 0 Å². The molecule has 0 aliphatic carbocycles. The number of nitrogens with zero attached hydrogens (tertiary/aromatic N) is 2. The van der Waals surface area contributed by atoms with Crippen molar-refractivity contribution in [2.45, 2.75) is 26.8 Å². The van der Waals surface area contributed by atoms with E-state index in [-0.39, 0.29) is 11.8 Å². The first-order valence-corrected chi connectivity index (χ1v) is 10.2. The van der Waals surface area contributed by atoms with Crippen LogP contribution >= 0.6 is 15.9 Å². The van der Waals surface area contributed by atoms with Crippen LogP contribution in [0.25, 0.3) is 0 Å². The molecule has 6 nitrogen and oxygen atoms in total. The molecule has 7 heteroatoms. The first-order valence-electron chi connectivity index (χ1n) is 9.40. The smallest absolute Gasteiger partial charge is 0.256 e. The summed E-state index contributed by atoms with van der Waals surface area (Å²) < 4.78 is 2.64. The Morgan fingerprint density at radius 3 is 2.38 bits per heavy atom. The Morgan fingerprint density at radius 1 is 1.00 bits per heavy atom. The molecule has 3 aromatic rings. The Kier molecular flexibility index (Phi) is 6.82. The van der Waals surface area contributed by atoms with Gasteiger partial charge in [-0.3, -0.25) is 14.3 Å². The van der Waals surface area contributed by atoms with Crippen molar-refractivity contribution in [3.63, 3.8) is 0 Å². The van der Waals surface area contributed by atoms with Crippen molar-refractivity contribution >= 4 is 33.4 Å². The average molecular weight is 455 g/mol. The van der Waals surface area contributed by atoms with E-state index in [1.807, 2.05) is 30.7 Å². The standard InChI is InChI=1S/C22H23BrN4O2/c1-15-14-16(2)27(26-15)13-7-12-24-21(28)18-9-4-6-11-20(18)25-22(29)17-8-3-5-10-19(17)23/h3-6,8-11,14H,7,12-13H2,1-2H3,(H,24,28)(H,25,29). The number of carbonyl (C=O) groups is 2. The number of hydrogen-bond acceptors (Lipinski definition) is 3. The molecule has 0 saturated heterocycles. The summed E-state index contributed by atoms with van der Waals surface area (Å²) in [6, 6.07) is 16.2. The number of amides is 2. The highest BCUT2D eigenvalue weighted by Crippen LogP contribution is 2.20. The van der Waals surface area contributed by atoms with Crippen LogP contribution in [0.2, 0.25) is 0 Å². The number of anilines is 1. The number of para-hydroxylation sites is 1. The Balaban J connectivity index is 1.60. The van der Waals surface area contributed by atoms with Crippen LogP contribution in [0.5, 0.6) is 0 Å². The molecule has 0 bridgehead atoms. The van der Waals surface area contributed by atoms with Crippen LogP contribution in [0.4, 0.5) is 5.69 Å². The summed E-state index contributed by atoms with van der Waals surface area (Å²) in [7, 11) is 0. The summed E-state index contributed by atoms with van der Waals surface area (Å²) >= 11 is 3.38. The van der Waals surface area contributed by atoms with E-state index in [4.69, 9.17) is 0 Å². The predicted molar refractivity (Wildman–Crippen MR) is 117 cm³/mol. The van der Waals surface area contributed by atoms with Gasteiger partial charge in [0.1, 0.15) is 0 Å². The van der Waals surface area contributed by atoms with E-state index >= 15 is 0 Å². The molecule has 150 valence electrons. The third kappa shape index (κ3) is 5.32. The van der Waals surface area contributed by atoms with Crippen molar-refractivity contribution in [1.82, 2.24) is 15.1 Å². The highest BCUT2D eigenvalue weighted by Gasteiger charge is 2.15. The Morgan fingerprint density at radius 2 is 1.69 bits per heavy atom. The number of aryl methyl sites for hydroxylation is 3. The van der Waals surface area contributed by atoms with E-state index in [0.717, 1.165) is 24.4 Å². The lowest BCUT2D eigenvalue weighted by atomic mass is 10.1. The summed E-state index contributed by atoms with van der Waals surface area (Å²) in [6.07, 6.45) is 0.763. The van der Waals surface area contributed by atoms with Gasteiger partial charge in [0, 0.05) is 23.3 Å². The fourth-order valence-corrected chi connectivity index (χ4v) is 3.52. The van der Waals surface area contributed by atoms with Crippen LogP contribution < -0.4 is 10.6 Å². The van der Waals surface area contributed by atoms with Gasteiger partial charge in [-0.2, -0.15) is 5.10 Å². The third-order valence-corrected chi connectivity index (χ3v) is 5.17. The molecular formula is C22H23BrN4O2. The highest BCUT2D eigenvalue weighted by atomic mass is 79.9. The first-order chi connectivity index (χ1) is 14.0. The van der Waals surface area contributed by atoms with E-state index in [1.165, 1.54) is 0 Å². The molecule has 0 radical (unpaired) electrons. The van der Waals surface area contributed by atoms with E-state index in [0.29, 0.717) is 27.8 Å². The van der Waals surface area contributed by atoms with Crippen molar-refractivity contribution in [3.05, 3.63) is 81.6 Å². The van der Waals surface area contributed by atoms with Gasteiger partial charge >= 0.3 is 0 Å². The van der Waals surface area contributed by atoms with Crippen molar-refractivity contribution in [2.24, 2.45) is 0 Å². The third-order valence-electron chi connectivity index (χ3n) is 4.47. The summed E-state index contributed by atoms with van der Waals surface area (Å²) in [5.74, 6) is -0.497. The second kappa shape index (κ2) is 9.52. The van der Waals surface area contributed by atoms with E-state index in [1.54, 1.807) is 42.5 Å². The van der Waals surface area contributed by atoms with Crippen molar-refractivity contribution in [1.29, 1.82) is 0 Å². The monoisotopic (exact) mass is 454 g/mol. The Labute approximate surface area is 178 Å². The first kappa shape index (κ1) is 20.8. The molecule has 0 saturated carbocycles. The summed E-state index contributed by atoms with van der Waals surface area (Å²) in [4.78, 5) is 25.2. The zero-order chi connectivity index (χ0) is 20.8. The topological polar surface area (TPSA) is 76.0 Å². The lowest BCUT2D eigenvalue weighted by Gasteiger charge is -2.12. The summed E-state index contributed by atoms with van der Waals surface area (Å²) in [6.45, 7) is 5.23. The highest BCUT2D eigenvalue weighted by molar-refractivity contribution is 9.10. The molecule has 0 spiro atoms. The van der Waals surface area contributed by atoms with E-state index in [2.05, 4.69) is 31.7 Å². The number of rotatable bonds is 7. The van der Waals surface area contributed by atoms with Crippen LogP contribution in [-0.4, -0.2) is 28.1 Å². The van der Waals surface area contributed by atoms with Gasteiger partial charge in [0.25, 0.3) is 11.8 Å². The van der Waals surface area contributed by atoms with Gasteiger partial charge in [0.15, 0.2) is 0 Å². The molecular weight excluding hydrogens is 432 g/mol. The number of hydrogen-bond donors (Lipinski definition) is 2. The van der Waals surface area contributed by atoms with Gasteiger partial charge < -0.3 is 10.6 Å². The lowest BCUT2D eigenvalue weighted by Crippen LogP contribution is -2.27. The fourth-order valence-electron chi connectivity index (χ4n) is 3.05. The average Bonchev–Trinajstić information content (AvgIpc) is 3.02. The van der Waals surface area contributed by atoms with Crippen LogP contribution in [0, 0.1) is 13.8 Å². The van der Waals surface area contributed by atoms with Gasteiger partial charge in [-0.25, -0.2) is 0 Å². The minimum atomic E-state index is -0.276. The van der Waals surface area contributed by atoms with Crippen LogP contribution in [0.15, 0.2) is 59.1 Å². The van der Waals surface area contributed by atoms with Crippen molar-refractivity contribution in [3.8, 4) is 0 Å². The predicted octanol–water partition coefficient (Wildman–Crippen LogP) is 4.33. The quantitative estimate of drug-likeness (QED) is 0.521. The number of aromatic nitrogens is 2. The molecule has 1 heterocycles. The minimum Gasteiger partial charge on any atom is -0.352 e. The maximum Gasteiger partial charge on any atom is 0.256 e. The molecule has 29 heavy (non-hydrogen) atoms. The van der Waals surface area contributed by atoms with Crippen LogP contribution in [-0.2, 0) is 6.54 Å². The molecule has 0 unspecified atom stereocenters. The zero-order valence-electron chi connectivity index (χ0n) is 16.4. The van der Waals surface area contributed by atoms with Gasteiger partial charge in [0.05, 0.1) is 22.5 Å². The largest absolute Gasteiger partial charge is 0.352 e. The zero-order valence-corrected chi connectivity index (χ0v) is 18.0. The van der Waals surface area contributed by atoms with Gasteiger partial charge in [-0.05, 0) is 66.5 Å². The summed E-state index contributed by atoms with van der Waals surface area (Å²) in [5.41, 5.74) is 3.51. The molecule has 0 aliphatic heterocycles. The second-order valence-corrected chi connectivity index (χ2v) is 7.59. The molecule has 2 aromatic carbocycles. The number of carbonyl (C=O) groups excluding carboxylic acids is 2. The maximum atomic E-state index is 12.6. The van der Waals surface area contributed by atoms with Crippen LogP contribution in [0.3, 0.4) is 0 Å². The molecule has 0 aliphatic rings. The SMILES string of the molecule is Cc1cc(C)n(CCCNC(=O)c2ccccc2NC(=O)c2ccccc2Br)n1. The van der Waals surface area contributed by atoms with Crippen molar-refractivity contribution in [2.75, 3.05) is 11.9 Å². The molecule has 2 amide bonds. The number of halogens is 1.